The molecule has 1 fully saturated rings. The zero-order valence-electron chi connectivity index (χ0n) is 15.5. The van der Waals surface area contributed by atoms with Crippen molar-refractivity contribution in [3.8, 4) is 0 Å². The van der Waals surface area contributed by atoms with Crippen LogP contribution in [0.15, 0.2) is 28.8 Å². The number of nitrogens with zero attached hydrogens (tertiary/aromatic N) is 1. The lowest BCUT2D eigenvalue weighted by Gasteiger charge is -2.56. The van der Waals surface area contributed by atoms with E-state index in [2.05, 4.69) is 5.32 Å². The second-order valence-electron chi connectivity index (χ2n) is 6.34. The number of nitrogens with two attached hydrogens (primary N) is 1. The summed E-state index contributed by atoms with van der Waals surface area (Å²) in [5, 5.41) is 13.3. The Hall–Kier alpha value is -2.57. The number of hydrogen-bond acceptors (Lipinski definition) is 8. The molecule has 29 heavy (non-hydrogen) atoms. The smallest absolute Gasteiger partial charge is 0.405 e. The Kier molecular flexibility index (Phi) is 5.87. The first-order chi connectivity index (χ1) is 13.7. The molecule has 0 bridgehead atoms. The average Bonchev–Trinajstić information content (AvgIpc) is 3.16. The SMILES string of the molecule is CO[C@@]1(NC(=O)Cc2cccs2)C(=O)N2C(C(=O)O)=C(C(C)OC(N)=O)CS[C@@H]21. The fraction of sp³-hybridized carbons (Fsp3) is 0.412. The van der Waals surface area contributed by atoms with Crippen LogP contribution in [0.4, 0.5) is 4.79 Å². The number of nitrogens with one attached hydrogen (secondary N) is 1. The van der Waals surface area contributed by atoms with Gasteiger partial charge in [-0.25, -0.2) is 9.59 Å². The Labute approximate surface area is 174 Å². The Morgan fingerprint density at radius 2 is 2.21 bits per heavy atom. The van der Waals surface area contributed by atoms with Gasteiger partial charge >= 0.3 is 12.1 Å². The van der Waals surface area contributed by atoms with Gasteiger partial charge in [-0.3, -0.25) is 14.5 Å². The fourth-order valence-corrected chi connectivity index (χ4v) is 5.54. The zero-order chi connectivity index (χ0) is 21.3. The second kappa shape index (κ2) is 8.05. The van der Waals surface area contributed by atoms with Crippen LogP contribution in [0.25, 0.3) is 0 Å². The van der Waals surface area contributed by atoms with Crippen LogP contribution in [0, 0.1) is 0 Å². The van der Waals surface area contributed by atoms with E-state index in [1.165, 1.54) is 37.1 Å². The summed E-state index contributed by atoms with van der Waals surface area (Å²) in [6.07, 6.45) is -1.90. The number of hydrogen-bond donors (Lipinski definition) is 3. The molecule has 12 heteroatoms. The van der Waals surface area contributed by atoms with Crippen LogP contribution < -0.4 is 11.1 Å². The molecule has 3 atom stereocenters. The van der Waals surface area contributed by atoms with E-state index in [1.54, 1.807) is 6.07 Å². The van der Waals surface area contributed by atoms with Gasteiger partial charge in [0.1, 0.15) is 17.2 Å². The van der Waals surface area contributed by atoms with Crippen LogP contribution >= 0.6 is 23.1 Å². The highest BCUT2D eigenvalue weighted by atomic mass is 32.2. The molecule has 0 radical (unpaired) electrons. The second-order valence-corrected chi connectivity index (χ2v) is 8.44. The van der Waals surface area contributed by atoms with Gasteiger partial charge in [0, 0.05) is 23.3 Å². The summed E-state index contributed by atoms with van der Waals surface area (Å²) < 4.78 is 10.3. The highest BCUT2D eigenvalue weighted by Crippen LogP contribution is 2.47. The van der Waals surface area contributed by atoms with Crippen LogP contribution in [0.1, 0.15) is 11.8 Å². The third kappa shape index (κ3) is 3.70. The number of methoxy groups -OCH3 is 1. The Bertz CT molecular complexity index is 886. The fourth-order valence-electron chi connectivity index (χ4n) is 3.28. The monoisotopic (exact) mass is 441 g/mol. The molecule has 0 spiro atoms. The number of aliphatic carboxylic acids is 1. The van der Waals surface area contributed by atoms with E-state index < -0.39 is 41.1 Å². The number of amides is 3. The van der Waals surface area contributed by atoms with Crippen LogP contribution in [0.2, 0.25) is 0 Å². The summed E-state index contributed by atoms with van der Waals surface area (Å²) in [4.78, 5) is 50.1. The van der Waals surface area contributed by atoms with E-state index in [-0.39, 0.29) is 23.4 Å². The van der Waals surface area contributed by atoms with Crippen molar-refractivity contribution in [2.45, 2.75) is 30.5 Å². The summed E-state index contributed by atoms with van der Waals surface area (Å²) in [6.45, 7) is 1.47. The number of carbonyl (C=O) groups is 4. The zero-order valence-corrected chi connectivity index (χ0v) is 17.2. The van der Waals surface area contributed by atoms with Crippen molar-refractivity contribution in [3.63, 3.8) is 0 Å². The van der Waals surface area contributed by atoms with Gasteiger partial charge in [0.15, 0.2) is 0 Å². The topological polar surface area (TPSA) is 148 Å². The number of carboxylic acid groups (broad SMARTS) is 1. The molecule has 1 unspecified atom stereocenters. The third-order valence-corrected chi connectivity index (χ3v) is 6.82. The minimum absolute atomic E-state index is 0.0732. The van der Waals surface area contributed by atoms with E-state index >= 15 is 0 Å². The van der Waals surface area contributed by atoms with E-state index in [9.17, 15) is 24.3 Å². The Morgan fingerprint density at radius 1 is 1.48 bits per heavy atom. The van der Waals surface area contributed by atoms with Gasteiger partial charge in [-0.2, -0.15) is 0 Å². The van der Waals surface area contributed by atoms with Crippen molar-refractivity contribution in [1.82, 2.24) is 10.2 Å². The maximum absolute atomic E-state index is 12.9. The molecule has 0 saturated carbocycles. The normalized spacial score (nSPS) is 24.4. The number of carboxylic acids is 1. The number of fused-ring (bicyclic) bond motifs is 1. The van der Waals surface area contributed by atoms with Gasteiger partial charge in [-0.15, -0.1) is 23.1 Å². The third-order valence-electron chi connectivity index (χ3n) is 4.61. The van der Waals surface area contributed by atoms with Crippen LogP contribution in [-0.2, 0) is 30.3 Å². The van der Waals surface area contributed by atoms with Crippen molar-refractivity contribution in [2.24, 2.45) is 5.73 Å². The maximum Gasteiger partial charge on any atom is 0.405 e. The van der Waals surface area contributed by atoms with E-state index in [4.69, 9.17) is 15.2 Å². The number of carbonyl (C=O) groups excluding carboxylic acids is 3. The number of thiophene rings is 1. The minimum Gasteiger partial charge on any atom is -0.477 e. The number of rotatable bonds is 7. The number of primary amides is 1. The van der Waals surface area contributed by atoms with Crippen molar-refractivity contribution < 1.29 is 33.8 Å². The van der Waals surface area contributed by atoms with E-state index in [1.807, 2.05) is 11.4 Å². The van der Waals surface area contributed by atoms with Gasteiger partial charge < -0.3 is 25.6 Å². The molecule has 2 aliphatic rings. The molecule has 4 N–H and O–H groups in total. The molecule has 1 aromatic rings. The van der Waals surface area contributed by atoms with Gasteiger partial charge in [0.05, 0.1) is 6.42 Å². The standard InChI is InChI=1S/C17H19N3O7S2/c1-8(27-16(18)25)10-7-29-15-17(26-2,14(24)20(15)12(10)13(22)23)19-11(21)6-9-4-3-5-28-9/h3-5,8,15H,6-7H2,1-2H3,(H2,18,25)(H,19,21)(H,22,23)/t8?,15-,17+/m1/s1. The molecular weight excluding hydrogens is 422 g/mol. The average molecular weight is 441 g/mol. The van der Waals surface area contributed by atoms with Crippen molar-refractivity contribution in [3.05, 3.63) is 33.7 Å². The molecule has 0 aromatic carbocycles. The van der Waals surface area contributed by atoms with Crippen molar-refractivity contribution in [1.29, 1.82) is 0 Å². The van der Waals surface area contributed by atoms with Crippen molar-refractivity contribution >= 4 is 47.0 Å². The molecule has 10 nitrogen and oxygen atoms in total. The summed E-state index contributed by atoms with van der Waals surface area (Å²) >= 11 is 2.61. The van der Waals surface area contributed by atoms with E-state index in [0.717, 1.165) is 9.78 Å². The number of ether oxygens (including phenoxy) is 2. The molecule has 1 aromatic heterocycles. The lowest BCUT2D eigenvalue weighted by atomic mass is 9.96. The van der Waals surface area contributed by atoms with Crippen LogP contribution in [-0.4, -0.2) is 63.9 Å². The van der Waals surface area contributed by atoms with Gasteiger partial charge in [0.25, 0.3) is 11.6 Å². The molecule has 3 amide bonds. The molecule has 156 valence electrons. The first-order valence-corrected chi connectivity index (χ1v) is 10.4. The highest BCUT2D eigenvalue weighted by Gasteiger charge is 2.66. The lowest BCUT2D eigenvalue weighted by molar-refractivity contribution is -0.192. The van der Waals surface area contributed by atoms with Crippen LogP contribution in [0.3, 0.4) is 0 Å². The Morgan fingerprint density at radius 3 is 2.76 bits per heavy atom. The molecule has 1 saturated heterocycles. The van der Waals surface area contributed by atoms with Gasteiger partial charge in [0.2, 0.25) is 5.91 Å². The molecular formula is C17H19N3O7S2. The van der Waals surface area contributed by atoms with E-state index in [0.29, 0.717) is 0 Å². The Balaban J connectivity index is 1.85. The predicted octanol–water partition coefficient (Wildman–Crippen LogP) is 0.487. The summed E-state index contributed by atoms with van der Waals surface area (Å²) in [5.41, 5.74) is 3.29. The molecule has 3 rings (SSSR count). The first-order valence-electron chi connectivity index (χ1n) is 8.47. The number of β-lactam (4-membered cyclic amide) rings is 1. The molecule has 2 aliphatic heterocycles. The maximum atomic E-state index is 12.9. The summed E-state index contributed by atoms with van der Waals surface area (Å²) in [6, 6.07) is 3.61. The first kappa shape index (κ1) is 21.1. The molecule has 3 heterocycles. The summed E-state index contributed by atoms with van der Waals surface area (Å²) in [5.74, 6) is -2.33. The van der Waals surface area contributed by atoms with Gasteiger partial charge in [-0.1, -0.05) is 6.07 Å². The van der Waals surface area contributed by atoms with Crippen molar-refractivity contribution in [2.75, 3.05) is 12.9 Å². The lowest BCUT2D eigenvalue weighted by Crippen LogP contribution is -2.80. The quantitative estimate of drug-likeness (QED) is 0.409. The predicted molar refractivity (Wildman–Crippen MR) is 104 cm³/mol. The minimum atomic E-state index is -1.67. The number of thioether (sulfide) groups is 1. The van der Waals surface area contributed by atoms with Crippen LogP contribution in [0.5, 0.6) is 0 Å². The van der Waals surface area contributed by atoms with Gasteiger partial charge in [-0.05, 0) is 18.4 Å². The highest BCUT2D eigenvalue weighted by molar-refractivity contribution is 8.00. The largest absolute Gasteiger partial charge is 0.477 e. The summed E-state index contributed by atoms with van der Waals surface area (Å²) in [7, 11) is 1.28. The molecule has 0 aliphatic carbocycles.